The lowest BCUT2D eigenvalue weighted by molar-refractivity contribution is 0.248. The first kappa shape index (κ1) is 18.4. The molecule has 1 unspecified atom stereocenters. The number of imidazole rings is 1. The molecule has 2 heterocycles. The van der Waals surface area contributed by atoms with E-state index in [0.717, 1.165) is 28.4 Å². The quantitative estimate of drug-likeness (QED) is 0.682. The lowest BCUT2D eigenvalue weighted by atomic mass is 10.1. The second-order valence-electron chi connectivity index (χ2n) is 6.05. The maximum Gasteiger partial charge on any atom is 0.321 e. The standard InChI is InChI=1S/C18H20ClN5OS/c1-11-15(10-13-5-4-6-14(19)9-13)26-18(22-11)23-17(25)21-12(2)16-20-7-8-24(16)3/h4-9,12H,10H2,1-3H3,(H2,21,22,23,25). The molecule has 0 aliphatic rings. The average Bonchev–Trinajstić information content (AvgIpc) is 3.13. The van der Waals surface area contributed by atoms with Gasteiger partial charge in [0.05, 0.1) is 11.7 Å². The van der Waals surface area contributed by atoms with Crippen LogP contribution in [0.15, 0.2) is 36.7 Å². The number of nitrogens with zero attached hydrogens (tertiary/aromatic N) is 3. The Hall–Kier alpha value is -2.38. The van der Waals surface area contributed by atoms with Crippen molar-refractivity contribution in [2.45, 2.75) is 26.3 Å². The summed E-state index contributed by atoms with van der Waals surface area (Å²) < 4.78 is 1.88. The molecule has 0 radical (unpaired) electrons. The van der Waals surface area contributed by atoms with Crippen LogP contribution >= 0.6 is 22.9 Å². The van der Waals surface area contributed by atoms with Crippen LogP contribution in [0.2, 0.25) is 5.02 Å². The van der Waals surface area contributed by atoms with E-state index >= 15 is 0 Å². The first-order valence-electron chi connectivity index (χ1n) is 8.18. The SMILES string of the molecule is Cc1nc(NC(=O)NC(C)c2nccn2C)sc1Cc1cccc(Cl)c1. The van der Waals surface area contributed by atoms with Gasteiger partial charge in [-0.2, -0.15) is 0 Å². The van der Waals surface area contributed by atoms with Crippen LogP contribution in [-0.2, 0) is 13.5 Å². The zero-order valence-electron chi connectivity index (χ0n) is 14.8. The summed E-state index contributed by atoms with van der Waals surface area (Å²) in [4.78, 5) is 22.0. The number of carbonyl (C=O) groups excluding carboxylic acids is 1. The number of nitrogens with one attached hydrogen (secondary N) is 2. The number of thiazole rings is 1. The highest BCUT2D eigenvalue weighted by Gasteiger charge is 2.15. The summed E-state index contributed by atoms with van der Waals surface area (Å²) in [5.74, 6) is 0.789. The monoisotopic (exact) mass is 389 g/mol. The van der Waals surface area contributed by atoms with Crippen LogP contribution < -0.4 is 10.6 Å². The van der Waals surface area contributed by atoms with Crippen LogP contribution in [0, 0.1) is 6.92 Å². The normalized spacial score (nSPS) is 12.0. The molecule has 0 aliphatic heterocycles. The van der Waals surface area contributed by atoms with E-state index in [1.165, 1.54) is 11.3 Å². The van der Waals surface area contributed by atoms with Gasteiger partial charge in [0.1, 0.15) is 5.82 Å². The largest absolute Gasteiger partial charge is 0.336 e. The lowest BCUT2D eigenvalue weighted by Gasteiger charge is -2.13. The zero-order chi connectivity index (χ0) is 18.7. The summed E-state index contributed by atoms with van der Waals surface area (Å²) in [6.45, 7) is 3.83. The van der Waals surface area contributed by atoms with Gasteiger partial charge in [-0.15, -0.1) is 11.3 Å². The molecule has 26 heavy (non-hydrogen) atoms. The number of anilines is 1. The van der Waals surface area contributed by atoms with Crippen LogP contribution in [-0.4, -0.2) is 20.6 Å². The van der Waals surface area contributed by atoms with Crippen LogP contribution in [0.5, 0.6) is 0 Å². The van der Waals surface area contributed by atoms with E-state index in [1.807, 2.05) is 55.9 Å². The molecule has 2 aromatic heterocycles. The molecular weight excluding hydrogens is 370 g/mol. The van der Waals surface area contributed by atoms with Crippen molar-refractivity contribution in [3.05, 3.63) is 63.6 Å². The molecule has 0 aliphatic carbocycles. The number of carbonyl (C=O) groups is 1. The molecule has 0 saturated heterocycles. The van der Waals surface area contributed by atoms with Gasteiger partial charge < -0.3 is 9.88 Å². The molecule has 6 nitrogen and oxygen atoms in total. The first-order chi connectivity index (χ1) is 12.4. The number of aromatic nitrogens is 3. The van der Waals surface area contributed by atoms with Crippen LogP contribution in [0.25, 0.3) is 0 Å². The van der Waals surface area contributed by atoms with Crippen molar-refractivity contribution in [2.24, 2.45) is 7.05 Å². The Morgan fingerprint density at radius 1 is 1.42 bits per heavy atom. The molecule has 0 spiro atoms. The molecular formula is C18H20ClN5OS. The number of benzene rings is 1. The molecule has 1 aromatic carbocycles. The molecule has 0 saturated carbocycles. The number of rotatable bonds is 5. The third kappa shape index (κ3) is 4.42. The number of amides is 2. The van der Waals surface area contributed by atoms with Gasteiger partial charge in [-0.3, -0.25) is 5.32 Å². The van der Waals surface area contributed by atoms with Crippen molar-refractivity contribution in [1.29, 1.82) is 0 Å². The van der Waals surface area contributed by atoms with Crippen molar-refractivity contribution in [2.75, 3.05) is 5.32 Å². The molecule has 136 valence electrons. The fraction of sp³-hybridized carbons (Fsp3) is 0.278. The minimum Gasteiger partial charge on any atom is -0.336 e. The van der Waals surface area contributed by atoms with E-state index in [1.54, 1.807) is 6.20 Å². The lowest BCUT2D eigenvalue weighted by Crippen LogP contribution is -2.32. The van der Waals surface area contributed by atoms with Crippen LogP contribution in [0.3, 0.4) is 0 Å². The Balaban J connectivity index is 1.63. The Morgan fingerprint density at radius 3 is 2.92 bits per heavy atom. The van der Waals surface area contributed by atoms with Gasteiger partial charge in [0, 0.05) is 35.8 Å². The van der Waals surface area contributed by atoms with Gasteiger partial charge in [-0.05, 0) is 31.5 Å². The summed E-state index contributed by atoms with van der Waals surface area (Å²) in [6.07, 6.45) is 4.28. The molecule has 0 fully saturated rings. The Bertz CT molecular complexity index is 920. The Morgan fingerprint density at radius 2 is 2.23 bits per heavy atom. The van der Waals surface area contributed by atoms with E-state index in [0.29, 0.717) is 10.2 Å². The number of hydrogen-bond acceptors (Lipinski definition) is 4. The average molecular weight is 390 g/mol. The van der Waals surface area contributed by atoms with Gasteiger partial charge >= 0.3 is 6.03 Å². The van der Waals surface area contributed by atoms with Crippen molar-refractivity contribution in [1.82, 2.24) is 19.9 Å². The highest BCUT2D eigenvalue weighted by Crippen LogP contribution is 2.26. The fourth-order valence-corrected chi connectivity index (χ4v) is 3.87. The topological polar surface area (TPSA) is 71.8 Å². The number of aryl methyl sites for hydroxylation is 2. The minimum atomic E-state index is -0.302. The van der Waals surface area contributed by atoms with Crippen molar-refractivity contribution in [3.63, 3.8) is 0 Å². The molecule has 8 heteroatoms. The predicted molar refractivity (Wildman–Crippen MR) is 105 cm³/mol. The minimum absolute atomic E-state index is 0.206. The molecule has 2 N–H and O–H groups in total. The van der Waals surface area contributed by atoms with Crippen molar-refractivity contribution < 1.29 is 4.79 Å². The summed E-state index contributed by atoms with van der Waals surface area (Å²) in [6, 6.07) is 7.24. The van der Waals surface area contributed by atoms with Gasteiger partial charge in [0.2, 0.25) is 0 Å². The second-order valence-corrected chi connectivity index (χ2v) is 7.57. The zero-order valence-corrected chi connectivity index (χ0v) is 16.4. The summed E-state index contributed by atoms with van der Waals surface area (Å²) in [5, 5.41) is 6.97. The van der Waals surface area contributed by atoms with E-state index in [9.17, 15) is 4.79 Å². The maximum atomic E-state index is 12.2. The number of halogens is 1. The van der Waals surface area contributed by atoms with E-state index in [-0.39, 0.29) is 12.1 Å². The fourth-order valence-electron chi connectivity index (χ4n) is 2.67. The third-order valence-electron chi connectivity index (χ3n) is 3.96. The van der Waals surface area contributed by atoms with Gasteiger partial charge in [-0.1, -0.05) is 23.7 Å². The molecule has 2 amide bonds. The van der Waals surface area contributed by atoms with Gasteiger partial charge in [0.15, 0.2) is 5.13 Å². The summed E-state index contributed by atoms with van der Waals surface area (Å²) in [5.41, 5.74) is 2.02. The first-order valence-corrected chi connectivity index (χ1v) is 9.37. The Kier molecular flexibility index (Phi) is 5.58. The van der Waals surface area contributed by atoms with E-state index in [4.69, 9.17) is 11.6 Å². The molecule has 0 bridgehead atoms. The van der Waals surface area contributed by atoms with E-state index < -0.39 is 0 Å². The summed E-state index contributed by atoms with van der Waals surface area (Å²) in [7, 11) is 1.89. The Labute approximate surface area is 161 Å². The smallest absolute Gasteiger partial charge is 0.321 e. The van der Waals surface area contributed by atoms with E-state index in [2.05, 4.69) is 20.6 Å². The van der Waals surface area contributed by atoms with Gasteiger partial charge in [-0.25, -0.2) is 14.8 Å². The number of hydrogen-bond donors (Lipinski definition) is 2. The highest BCUT2D eigenvalue weighted by atomic mass is 35.5. The molecule has 3 aromatic rings. The van der Waals surface area contributed by atoms with Crippen molar-refractivity contribution >= 4 is 34.1 Å². The molecule has 1 atom stereocenters. The molecule has 3 rings (SSSR count). The third-order valence-corrected chi connectivity index (χ3v) is 5.27. The van der Waals surface area contributed by atoms with Gasteiger partial charge in [0.25, 0.3) is 0 Å². The maximum absolute atomic E-state index is 12.2. The predicted octanol–water partition coefficient (Wildman–Crippen LogP) is 4.31. The summed E-state index contributed by atoms with van der Waals surface area (Å²) >= 11 is 7.51. The number of urea groups is 1. The highest BCUT2D eigenvalue weighted by molar-refractivity contribution is 7.15. The van der Waals surface area contributed by atoms with Crippen LogP contribution in [0.4, 0.5) is 9.93 Å². The van der Waals surface area contributed by atoms with Crippen molar-refractivity contribution in [3.8, 4) is 0 Å². The second kappa shape index (κ2) is 7.88. The van der Waals surface area contributed by atoms with Crippen LogP contribution in [0.1, 0.15) is 34.9 Å².